The van der Waals surface area contributed by atoms with Crippen molar-refractivity contribution in [3.63, 3.8) is 0 Å². The first-order valence-corrected chi connectivity index (χ1v) is 3.28. The van der Waals surface area contributed by atoms with Crippen LogP contribution in [0.15, 0.2) is 0 Å². The molecular formula is C2H5FO3P+. The van der Waals surface area contributed by atoms with Crippen molar-refractivity contribution in [2.24, 2.45) is 0 Å². The first-order valence-electron chi connectivity index (χ1n) is 1.81. The van der Waals surface area contributed by atoms with Crippen LogP contribution in [0.1, 0.15) is 0 Å². The summed E-state index contributed by atoms with van der Waals surface area (Å²) >= 11 is 0. The molecule has 0 radical (unpaired) electrons. The molecule has 1 saturated heterocycles. The molecule has 1 aliphatic rings. The van der Waals surface area contributed by atoms with Gasteiger partial charge in [0.05, 0.1) is 0 Å². The molecule has 1 fully saturated rings. The van der Waals surface area contributed by atoms with Gasteiger partial charge in [0.25, 0.3) is 0 Å². The number of hydrogen-bond acceptors (Lipinski definition) is 3. The Bertz CT molecular complexity index is 67.3. The molecule has 0 bridgehead atoms. The summed E-state index contributed by atoms with van der Waals surface area (Å²) in [4.78, 5) is 8.19. The van der Waals surface area contributed by atoms with Gasteiger partial charge >= 0.3 is 8.25 Å². The standard InChI is InChI=1S/C2H5FO3P/c3-7(4)5-1-2-6-7/h4H,1-2H2/q+1. The normalized spacial score (nSPS) is 28.3. The van der Waals surface area contributed by atoms with Gasteiger partial charge in [-0.25, -0.2) is 0 Å². The molecule has 0 amide bonds. The summed E-state index contributed by atoms with van der Waals surface area (Å²) in [5.41, 5.74) is 0. The van der Waals surface area contributed by atoms with E-state index in [1.54, 1.807) is 0 Å². The molecule has 0 aliphatic carbocycles. The van der Waals surface area contributed by atoms with Crippen molar-refractivity contribution in [1.82, 2.24) is 0 Å². The van der Waals surface area contributed by atoms with Crippen molar-refractivity contribution in [3.8, 4) is 0 Å². The summed E-state index contributed by atoms with van der Waals surface area (Å²) in [6, 6.07) is 0. The van der Waals surface area contributed by atoms with Crippen LogP contribution in [0.2, 0.25) is 0 Å². The minimum atomic E-state index is -3.79. The maximum atomic E-state index is 11.8. The fourth-order valence-corrected chi connectivity index (χ4v) is 1.01. The summed E-state index contributed by atoms with van der Waals surface area (Å²) in [5.74, 6) is 0. The molecule has 42 valence electrons. The third-order valence-electron chi connectivity index (χ3n) is 0.584. The van der Waals surface area contributed by atoms with E-state index < -0.39 is 8.25 Å². The molecule has 0 atom stereocenters. The van der Waals surface area contributed by atoms with Crippen LogP contribution in [-0.2, 0) is 9.05 Å². The van der Waals surface area contributed by atoms with Gasteiger partial charge in [-0.15, -0.1) is 9.05 Å². The van der Waals surface area contributed by atoms with E-state index in [1.165, 1.54) is 0 Å². The first kappa shape index (κ1) is 5.38. The van der Waals surface area contributed by atoms with Gasteiger partial charge in [-0.3, -0.25) is 0 Å². The van der Waals surface area contributed by atoms with Gasteiger partial charge in [-0.1, -0.05) is 0 Å². The van der Waals surface area contributed by atoms with Crippen LogP contribution in [-0.4, -0.2) is 18.1 Å². The molecule has 3 nitrogen and oxygen atoms in total. The van der Waals surface area contributed by atoms with Gasteiger partial charge in [-0.2, -0.15) is 4.89 Å². The lowest BCUT2D eigenvalue weighted by Gasteiger charge is -1.89. The van der Waals surface area contributed by atoms with Crippen LogP contribution in [0.25, 0.3) is 0 Å². The Kier molecular flexibility index (Phi) is 1.26. The van der Waals surface area contributed by atoms with Gasteiger partial charge < -0.3 is 0 Å². The zero-order valence-electron chi connectivity index (χ0n) is 3.50. The highest BCUT2D eigenvalue weighted by Gasteiger charge is 2.48. The topological polar surface area (TPSA) is 38.7 Å². The predicted octanol–water partition coefficient (Wildman–Crippen LogP) is 0.673. The van der Waals surface area contributed by atoms with Crippen LogP contribution in [0.3, 0.4) is 0 Å². The molecule has 0 aromatic rings. The number of rotatable bonds is 0. The van der Waals surface area contributed by atoms with Crippen molar-refractivity contribution in [2.75, 3.05) is 13.2 Å². The number of hydrogen-bond donors (Lipinski definition) is 1. The third-order valence-corrected chi connectivity index (χ3v) is 1.59. The molecule has 1 rings (SSSR count). The van der Waals surface area contributed by atoms with Gasteiger partial charge in [0.2, 0.25) is 0 Å². The highest BCUT2D eigenvalue weighted by Crippen LogP contribution is 2.61. The maximum absolute atomic E-state index is 11.8. The smallest absolute Gasteiger partial charge is 0.164 e. The first-order chi connectivity index (χ1) is 3.21. The van der Waals surface area contributed by atoms with E-state index in [1.807, 2.05) is 0 Å². The molecule has 1 N–H and O–H groups in total. The maximum Gasteiger partial charge on any atom is 0.620 e. The summed E-state index contributed by atoms with van der Waals surface area (Å²) in [6.07, 6.45) is 0. The quantitative estimate of drug-likeness (QED) is 0.486. The lowest BCUT2D eigenvalue weighted by Crippen LogP contribution is -1.79. The van der Waals surface area contributed by atoms with E-state index >= 15 is 0 Å². The van der Waals surface area contributed by atoms with E-state index in [9.17, 15) is 4.20 Å². The second kappa shape index (κ2) is 1.63. The Morgan fingerprint density at radius 2 is 1.86 bits per heavy atom. The molecule has 1 aliphatic heterocycles. The Hall–Kier alpha value is 0.240. The van der Waals surface area contributed by atoms with E-state index in [-0.39, 0.29) is 13.2 Å². The lowest BCUT2D eigenvalue weighted by molar-refractivity contribution is 0.261. The molecule has 0 saturated carbocycles. The molecule has 0 aromatic heterocycles. The third kappa shape index (κ3) is 1.31. The lowest BCUT2D eigenvalue weighted by atomic mass is 10.8. The fraction of sp³-hybridized carbons (Fsp3) is 1.00. The van der Waals surface area contributed by atoms with Crippen LogP contribution in [0.4, 0.5) is 4.20 Å². The van der Waals surface area contributed by atoms with Crippen LogP contribution >= 0.6 is 8.25 Å². The van der Waals surface area contributed by atoms with Crippen LogP contribution in [0.5, 0.6) is 0 Å². The Morgan fingerprint density at radius 1 is 1.43 bits per heavy atom. The van der Waals surface area contributed by atoms with Crippen molar-refractivity contribution in [1.29, 1.82) is 0 Å². The summed E-state index contributed by atoms with van der Waals surface area (Å²) < 4.78 is 20.1. The van der Waals surface area contributed by atoms with Crippen molar-refractivity contribution in [3.05, 3.63) is 0 Å². The van der Waals surface area contributed by atoms with Crippen LogP contribution < -0.4 is 0 Å². The van der Waals surface area contributed by atoms with Gasteiger partial charge in [0.15, 0.2) is 0 Å². The SMILES string of the molecule is O[P+]1(F)OCCO1. The average Bonchev–Trinajstić information content (AvgIpc) is 1.84. The van der Waals surface area contributed by atoms with E-state index in [2.05, 4.69) is 9.05 Å². The van der Waals surface area contributed by atoms with Crippen molar-refractivity contribution >= 4 is 8.25 Å². The largest absolute Gasteiger partial charge is 0.620 e. The highest BCUT2D eigenvalue weighted by atomic mass is 31.3. The summed E-state index contributed by atoms with van der Waals surface area (Å²) in [5, 5.41) is 0. The summed E-state index contributed by atoms with van der Waals surface area (Å²) in [7, 11) is -3.79. The van der Waals surface area contributed by atoms with E-state index in [4.69, 9.17) is 4.89 Å². The van der Waals surface area contributed by atoms with Gasteiger partial charge in [0.1, 0.15) is 13.2 Å². The van der Waals surface area contributed by atoms with Crippen molar-refractivity contribution in [2.45, 2.75) is 0 Å². The Balaban J connectivity index is 2.40. The minimum Gasteiger partial charge on any atom is -0.164 e. The van der Waals surface area contributed by atoms with Gasteiger partial charge in [0, 0.05) is 4.20 Å². The average molecular weight is 127 g/mol. The van der Waals surface area contributed by atoms with Crippen molar-refractivity contribution < 1.29 is 18.1 Å². The minimum absolute atomic E-state index is 0.167. The monoisotopic (exact) mass is 127 g/mol. The molecule has 0 spiro atoms. The zero-order chi connectivity index (χ0) is 5.33. The Labute approximate surface area is 40.8 Å². The molecule has 5 heteroatoms. The zero-order valence-corrected chi connectivity index (χ0v) is 4.40. The molecule has 0 unspecified atom stereocenters. The Morgan fingerprint density at radius 3 is 2.00 bits per heavy atom. The van der Waals surface area contributed by atoms with Crippen LogP contribution in [0, 0.1) is 0 Å². The highest BCUT2D eigenvalue weighted by molar-refractivity contribution is 7.55. The second-order valence-electron chi connectivity index (χ2n) is 1.12. The number of halogens is 1. The molecular weight excluding hydrogens is 122 g/mol. The van der Waals surface area contributed by atoms with E-state index in [0.29, 0.717) is 0 Å². The van der Waals surface area contributed by atoms with E-state index in [0.717, 1.165) is 0 Å². The second-order valence-corrected chi connectivity index (χ2v) is 2.54. The van der Waals surface area contributed by atoms with Gasteiger partial charge in [-0.05, 0) is 0 Å². The summed E-state index contributed by atoms with van der Waals surface area (Å²) in [6.45, 7) is 0.335. The fourth-order valence-electron chi connectivity index (χ4n) is 0.337. The molecule has 7 heavy (non-hydrogen) atoms. The molecule has 0 aromatic carbocycles. The molecule has 1 heterocycles. The predicted molar refractivity (Wildman–Crippen MR) is 22.2 cm³/mol.